The van der Waals surface area contributed by atoms with Crippen molar-refractivity contribution in [2.24, 2.45) is 0 Å². The van der Waals surface area contributed by atoms with Crippen molar-refractivity contribution in [2.45, 2.75) is 45.7 Å². The van der Waals surface area contributed by atoms with Crippen molar-refractivity contribution >= 4 is 16.5 Å². The minimum Gasteiger partial charge on any atom is -0.346 e. The molecule has 0 spiro atoms. The SMILES string of the molecule is CCNCc1sc(N2CCC(N(C)C)C2)nc1C(C)C. The molecule has 0 radical (unpaired) electrons. The molecule has 2 heterocycles. The second-order valence-electron chi connectivity index (χ2n) is 6.09. The van der Waals surface area contributed by atoms with Gasteiger partial charge in [0.2, 0.25) is 0 Å². The molecule has 2 rings (SSSR count). The summed E-state index contributed by atoms with van der Waals surface area (Å²) in [6, 6.07) is 0.665. The lowest BCUT2D eigenvalue weighted by atomic mass is 10.1. The van der Waals surface area contributed by atoms with Crippen molar-refractivity contribution in [1.29, 1.82) is 0 Å². The second kappa shape index (κ2) is 6.87. The van der Waals surface area contributed by atoms with Crippen LogP contribution in [0.25, 0.3) is 0 Å². The van der Waals surface area contributed by atoms with Gasteiger partial charge in [-0.3, -0.25) is 0 Å². The molecule has 0 saturated carbocycles. The third-order valence-electron chi connectivity index (χ3n) is 3.96. The van der Waals surface area contributed by atoms with Crippen LogP contribution >= 0.6 is 11.3 Å². The fourth-order valence-electron chi connectivity index (χ4n) is 2.64. The van der Waals surface area contributed by atoms with Gasteiger partial charge in [-0.2, -0.15) is 0 Å². The Kier molecular flexibility index (Phi) is 5.41. The molecule has 20 heavy (non-hydrogen) atoms. The van der Waals surface area contributed by atoms with E-state index in [1.807, 2.05) is 11.3 Å². The largest absolute Gasteiger partial charge is 0.346 e. The molecule has 114 valence electrons. The molecule has 1 N–H and O–H groups in total. The molecule has 1 aliphatic heterocycles. The van der Waals surface area contributed by atoms with Crippen LogP contribution in [0.2, 0.25) is 0 Å². The molecule has 1 aromatic rings. The zero-order valence-corrected chi connectivity index (χ0v) is 14.3. The molecule has 0 aromatic carbocycles. The van der Waals surface area contributed by atoms with Gasteiger partial charge in [0.15, 0.2) is 5.13 Å². The zero-order chi connectivity index (χ0) is 14.7. The van der Waals surface area contributed by atoms with Gasteiger partial charge in [0.1, 0.15) is 0 Å². The Labute approximate surface area is 127 Å². The predicted molar refractivity (Wildman–Crippen MR) is 87.9 cm³/mol. The van der Waals surface area contributed by atoms with Gasteiger partial charge in [-0.05, 0) is 33.0 Å². The van der Waals surface area contributed by atoms with Crippen LogP contribution in [0, 0.1) is 0 Å². The van der Waals surface area contributed by atoms with E-state index in [4.69, 9.17) is 4.98 Å². The summed E-state index contributed by atoms with van der Waals surface area (Å²) in [6.07, 6.45) is 1.24. The van der Waals surface area contributed by atoms with E-state index in [0.29, 0.717) is 12.0 Å². The predicted octanol–water partition coefficient (Wildman–Crippen LogP) is 2.52. The second-order valence-corrected chi connectivity index (χ2v) is 7.15. The lowest BCUT2D eigenvalue weighted by Gasteiger charge is -2.19. The molecule has 1 atom stereocenters. The van der Waals surface area contributed by atoms with Crippen molar-refractivity contribution in [2.75, 3.05) is 38.6 Å². The zero-order valence-electron chi connectivity index (χ0n) is 13.4. The smallest absolute Gasteiger partial charge is 0.185 e. The van der Waals surface area contributed by atoms with Crippen LogP contribution < -0.4 is 10.2 Å². The molecule has 0 bridgehead atoms. The number of aromatic nitrogens is 1. The van der Waals surface area contributed by atoms with E-state index in [2.05, 4.69) is 50.0 Å². The van der Waals surface area contributed by atoms with Crippen LogP contribution in [-0.2, 0) is 6.54 Å². The van der Waals surface area contributed by atoms with Gasteiger partial charge in [0.25, 0.3) is 0 Å². The fraction of sp³-hybridized carbons (Fsp3) is 0.800. The number of likely N-dealkylation sites (N-methyl/N-ethyl adjacent to an activating group) is 1. The van der Waals surface area contributed by atoms with Gasteiger partial charge in [-0.1, -0.05) is 20.8 Å². The lowest BCUT2D eigenvalue weighted by molar-refractivity contribution is 0.315. The minimum absolute atomic E-state index is 0.501. The standard InChI is InChI=1S/C15H28N4S/c1-6-16-9-13-14(11(2)3)17-15(20-13)19-8-7-12(10-19)18(4)5/h11-12,16H,6-10H2,1-5H3. The monoisotopic (exact) mass is 296 g/mol. The number of rotatable bonds is 6. The highest BCUT2D eigenvalue weighted by Crippen LogP contribution is 2.32. The lowest BCUT2D eigenvalue weighted by Crippen LogP contribution is -2.31. The molecule has 0 amide bonds. The molecule has 4 nitrogen and oxygen atoms in total. The average Bonchev–Trinajstić information content (AvgIpc) is 3.02. The van der Waals surface area contributed by atoms with Gasteiger partial charge in [-0.25, -0.2) is 4.98 Å². The molecule has 1 aromatic heterocycles. The number of thiazole rings is 1. The Balaban J connectivity index is 2.12. The number of anilines is 1. The van der Waals surface area contributed by atoms with E-state index in [9.17, 15) is 0 Å². The summed E-state index contributed by atoms with van der Waals surface area (Å²) in [5, 5.41) is 4.65. The summed E-state index contributed by atoms with van der Waals surface area (Å²) >= 11 is 1.87. The highest BCUT2D eigenvalue weighted by atomic mass is 32.1. The van der Waals surface area contributed by atoms with Crippen molar-refractivity contribution in [3.05, 3.63) is 10.6 Å². The number of hydrogen-bond donors (Lipinski definition) is 1. The van der Waals surface area contributed by atoms with Crippen molar-refractivity contribution < 1.29 is 0 Å². The van der Waals surface area contributed by atoms with Gasteiger partial charge >= 0.3 is 0 Å². The molecular weight excluding hydrogens is 268 g/mol. The van der Waals surface area contributed by atoms with Gasteiger partial charge < -0.3 is 15.1 Å². The van der Waals surface area contributed by atoms with E-state index in [1.54, 1.807) is 0 Å². The third kappa shape index (κ3) is 3.51. The summed E-state index contributed by atoms with van der Waals surface area (Å²) < 4.78 is 0. The third-order valence-corrected chi connectivity index (χ3v) is 5.09. The highest BCUT2D eigenvalue weighted by molar-refractivity contribution is 7.15. The first-order valence-corrected chi connectivity index (χ1v) is 8.46. The van der Waals surface area contributed by atoms with E-state index in [1.165, 1.54) is 22.1 Å². The highest BCUT2D eigenvalue weighted by Gasteiger charge is 2.27. The van der Waals surface area contributed by atoms with E-state index in [0.717, 1.165) is 26.2 Å². The normalized spacial score (nSPS) is 19.6. The Morgan fingerprint density at radius 3 is 2.75 bits per heavy atom. The first-order valence-electron chi connectivity index (χ1n) is 7.64. The Bertz CT molecular complexity index is 428. The summed E-state index contributed by atoms with van der Waals surface area (Å²) in [5.74, 6) is 0.501. The van der Waals surface area contributed by atoms with Crippen molar-refractivity contribution in [3.8, 4) is 0 Å². The summed E-state index contributed by atoms with van der Waals surface area (Å²) in [4.78, 5) is 11.1. The molecule has 1 unspecified atom stereocenters. The maximum Gasteiger partial charge on any atom is 0.185 e. The quantitative estimate of drug-likeness (QED) is 0.874. The van der Waals surface area contributed by atoms with Crippen LogP contribution in [0.15, 0.2) is 0 Å². The summed E-state index contributed by atoms with van der Waals surface area (Å²) in [5.41, 5.74) is 1.28. The van der Waals surface area contributed by atoms with Crippen LogP contribution in [-0.4, -0.2) is 49.7 Å². The molecule has 0 aliphatic carbocycles. The first-order chi connectivity index (χ1) is 9.52. The fourth-order valence-corrected chi connectivity index (χ4v) is 3.86. The van der Waals surface area contributed by atoms with Crippen LogP contribution in [0.3, 0.4) is 0 Å². The van der Waals surface area contributed by atoms with E-state index >= 15 is 0 Å². The first kappa shape index (κ1) is 15.7. The van der Waals surface area contributed by atoms with Gasteiger partial charge in [-0.15, -0.1) is 11.3 Å². The molecule has 1 aliphatic rings. The van der Waals surface area contributed by atoms with E-state index < -0.39 is 0 Å². The number of nitrogens with one attached hydrogen (secondary N) is 1. The van der Waals surface area contributed by atoms with Gasteiger partial charge in [0.05, 0.1) is 5.69 Å². The maximum absolute atomic E-state index is 4.92. The Hall–Kier alpha value is -0.650. The van der Waals surface area contributed by atoms with Crippen molar-refractivity contribution in [1.82, 2.24) is 15.2 Å². The van der Waals surface area contributed by atoms with Crippen LogP contribution in [0.4, 0.5) is 5.13 Å². The topological polar surface area (TPSA) is 31.4 Å². The average molecular weight is 296 g/mol. The summed E-state index contributed by atoms with van der Waals surface area (Å²) in [6.45, 7) is 10.8. The molecular formula is C15H28N4S. The maximum atomic E-state index is 4.92. The minimum atomic E-state index is 0.501. The molecule has 1 fully saturated rings. The summed E-state index contributed by atoms with van der Waals surface area (Å²) in [7, 11) is 4.35. The van der Waals surface area contributed by atoms with E-state index in [-0.39, 0.29) is 0 Å². The van der Waals surface area contributed by atoms with Crippen molar-refractivity contribution in [3.63, 3.8) is 0 Å². The number of hydrogen-bond acceptors (Lipinski definition) is 5. The molecule has 5 heteroatoms. The molecule has 1 saturated heterocycles. The van der Waals surface area contributed by atoms with Crippen LogP contribution in [0.1, 0.15) is 43.7 Å². The van der Waals surface area contributed by atoms with Gasteiger partial charge in [0, 0.05) is 30.6 Å². The number of nitrogens with zero attached hydrogens (tertiary/aromatic N) is 3. The van der Waals surface area contributed by atoms with Crippen LogP contribution in [0.5, 0.6) is 0 Å². The Morgan fingerprint density at radius 2 is 2.20 bits per heavy atom. The Morgan fingerprint density at radius 1 is 1.45 bits per heavy atom.